The molecule has 25 heavy (non-hydrogen) atoms. The van der Waals surface area contributed by atoms with E-state index < -0.39 is 22.0 Å². The molecule has 6 nitrogen and oxygen atoms in total. The molecule has 1 atom stereocenters. The Balaban J connectivity index is 2.10. The van der Waals surface area contributed by atoms with Gasteiger partial charge in [0, 0.05) is 10.7 Å². The minimum Gasteiger partial charge on any atom is -0.497 e. The van der Waals surface area contributed by atoms with Crippen molar-refractivity contribution in [1.29, 1.82) is 0 Å². The number of anilines is 1. The van der Waals surface area contributed by atoms with Crippen LogP contribution in [-0.2, 0) is 14.8 Å². The maximum absolute atomic E-state index is 12.4. The molecular weight excluding hydrogens is 364 g/mol. The molecule has 0 radical (unpaired) electrons. The van der Waals surface area contributed by atoms with Crippen LogP contribution in [0.5, 0.6) is 5.75 Å². The number of methoxy groups -OCH3 is 1. The molecule has 0 aliphatic rings. The minimum absolute atomic E-state index is 0.0480. The predicted molar refractivity (Wildman–Crippen MR) is 97.6 cm³/mol. The number of benzene rings is 2. The van der Waals surface area contributed by atoms with Crippen LogP contribution in [0.1, 0.15) is 12.5 Å². The molecule has 0 saturated heterocycles. The third-order valence-electron chi connectivity index (χ3n) is 3.62. The molecule has 134 valence electrons. The Hall–Kier alpha value is -2.09. The molecule has 8 heteroatoms. The van der Waals surface area contributed by atoms with Gasteiger partial charge in [0.15, 0.2) is 0 Å². The first-order chi connectivity index (χ1) is 11.7. The molecule has 2 aromatic carbocycles. The second-order valence-corrected chi connectivity index (χ2v) is 7.54. The highest BCUT2D eigenvalue weighted by Crippen LogP contribution is 2.23. The van der Waals surface area contributed by atoms with Gasteiger partial charge in [-0.3, -0.25) is 4.79 Å². The molecule has 0 aliphatic carbocycles. The average molecular weight is 383 g/mol. The van der Waals surface area contributed by atoms with Gasteiger partial charge in [-0.05, 0) is 55.8 Å². The fourth-order valence-electron chi connectivity index (χ4n) is 2.09. The molecule has 2 aromatic rings. The lowest BCUT2D eigenvalue weighted by Gasteiger charge is -2.16. The Kier molecular flexibility index (Phi) is 6.05. The van der Waals surface area contributed by atoms with E-state index in [0.29, 0.717) is 22.0 Å². The summed E-state index contributed by atoms with van der Waals surface area (Å²) in [5.74, 6) is 0.0589. The van der Waals surface area contributed by atoms with Crippen molar-refractivity contribution in [2.24, 2.45) is 0 Å². The summed E-state index contributed by atoms with van der Waals surface area (Å²) in [6.45, 7) is 3.24. The number of ether oxygens (including phenoxy) is 1. The number of rotatable bonds is 6. The van der Waals surface area contributed by atoms with Crippen LogP contribution in [-0.4, -0.2) is 27.5 Å². The quantitative estimate of drug-likeness (QED) is 0.804. The van der Waals surface area contributed by atoms with Gasteiger partial charge in [-0.1, -0.05) is 17.7 Å². The molecule has 0 unspecified atom stereocenters. The molecule has 0 spiro atoms. The Labute approximate surface area is 152 Å². The maximum atomic E-state index is 12.4. The van der Waals surface area contributed by atoms with Crippen LogP contribution >= 0.6 is 11.6 Å². The van der Waals surface area contributed by atoms with Crippen molar-refractivity contribution in [3.63, 3.8) is 0 Å². The average Bonchev–Trinajstić information content (AvgIpc) is 2.58. The third kappa shape index (κ3) is 4.72. The molecule has 0 saturated carbocycles. The van der Waals surface area contributed by atoms with E-state index in [1.54, 1.807) is 25.1 Å². The largest absolute Gasteiger partial charge is 0.497 e. The smallest absolute Gasteiger partial charge is 0.242 e. The highest BCUT2D eigenvalue weighted by Gasteiger charge is 2.22. The standard InChI is InChI=1S/C17H19ClN2O4S/c1-11-15(18)5-4-6-16(11)19-17(21)12(2)20-25(22,23)14-9-7-13(24-3)8-10-14/h4-10,12,20H,1-3H3,(H,19,21)/t12-/m1/s1. The maximum Gasteiger partial charge on any atom is 0.242 e. The fourth-order valence-corrected chi connectivity index (χ4v) is 3.47. The molecule has 1 amide bonds. The first-order valence-electron chi connectivity index (χ1n) is 7.47. The van der Waals surface area contributed by atoms with Crippen LogP contribution in [0, 0.1) is 6.92 Å². The van der Waals surface area contributed by atoms with Gasteiger partial charge in [0.1, 0.15) is 5.75 Å². The summed E-state index contributed by atoms with van der Waals surface area (Å²) in [5.41, 5.74) is 1.25. The van der Waals surface area contributed by atoms with Gasteiger partial charge in [0.25, 0.3) is 0 Å². The highest BCUT2D eigenvalue weighted by molar-refractivity contribution is 7.89. The van der Waals surface area contributed by atoms with E-state index in [4.69, 9.17) is 16.3 Å². The number of carbonyl (C=O) groups excluding carboxylic acids is 1. The van der Waals surface area contributed by atoms with Gasteiger partial charge in [-0.15, -0.1) is 0 Å². The molecule has 0 fully saturated rings. The number of hydrogen-bond donors (Lipinski definition) is 2. The number of hydrogen-bond acceptors (Lipinski definition) is 4. The number of halogens is 1. The summed E-state index contributed by atoms with van der Waals surface area (Å²) >= 11 is 6.02. The number of nitrogens with one attached hydrogen (secondary N) is 2. The van der Waals surface area contributed by atoms with Crippen molar-refractivity contribution < 1.29 is 17.9 Å². The van der Waals surface area contributed by atoms with Gasteiger partial charge >= 0.3 is 0 Å². The van der Waals surface area contributed by atoms with Gasteiger partial charge in [-0.25, -0.2) is 8.42 Å². The zero-order valence-corrected chi connectivity index (χ0v) is 15.6. The molecule has 2 N–H and O–H groups in total. The first kappa shape index (κ1) is 19.2. The second-order valence-electron chi connectivity index (χ2n) is 5.42. The monoisotopic (exact) mass is 382 g/mol. The summed E-state index contributed by atoms with van der Waals surface area (Å²) in [6, 6.07) is 10.0. The van der Waals surface area contributed by atoms with Crippen LogP contribution in [0.25, 0.3) is 0 Å². The summed E-state index contributed by atoms with van der Waals surface area (Å²) in [4.78, 5) is 12.3. The summed E-state index contributed by atoms with van der Waals surface area (Å²) in [5, 5.41) is 3.19. The highest BCUT2D eigenvalue weighted by atomic mass is 35.5. The van der Waals surface area contributed by atoms with Crippen molar-refractivity contribution in [3.05, 3.63) is 53.1 Å². The van der Waals surface area contributed by atoms with Gasteiger partial charge < -0.3 is 10.1 Å². The van der Waals surface area contributed by atoms with Crippen molar-refractivity contribution in [2.75, 3.05) is 12.4 Å². The zero-order chi connectivity index (χ0) is 18.6. The van der Waals surface area contributed by atoms with Gasteiger partial charge in [-0.2, -0.15) is 4.72 Å². The lowest BCUT2D eigenvalue weighted by molar-refractivity contribution is -0.117. The lowest BCUT2D eigenvalue weighted by Crippen LogP contribution is -2.41. The summed E-state index contributed by atoms with van der Waals surface area (Å²) < 4.78 is 32.1. The molecule has 2 rings (SSSR count). The molecular formula is C17H19ClN2O4S. The Bertz CT molecular complexity index is 867. The Morgan fingerprint density at radius 2 is 1.80 bits per heavy atom. The van der Waals surface area contributed by atoms with Crippen molar-refractivity contribution in [2.45, 2.75) is 24.8 Å². The van der Waals surface area contributed by atoms with E-state index in [1.165, 1.54) is 38.3 Å². The van der Waals surface area contributed by atoms with Crippen LogP contribution in [0.3, 0.4) is 0 Å². The Morgan fingerprint density at radius 1 is 1.16 bits per heavy atom. The van der Waals surface area contributed by atoms with Crippen molar-refractivity contribution in [3.8, 4) is 5.75 Å². The van der Waals surface area contributed by atoms with E-state index in [9.17, 15) is 13.2 Å². The number of carbonyl (C=O) groups is 1. The van der Waals surface area contributed by atoms with Crippen LogP contribution < -0.4 is 14.8 Å². The van der Waals surface area contributed by atoms with Gasteiger partial charge in [0.05, 0.1) is 18.0 Å². The molecule has 0 heterocycles. The van der Waals surface area contributed by atoms with E-state index in [0.717, 1.165) is 0 Å². The third-order valence-corrected chi connectivity index (χ3v) is 5.59. The minimum atomic E-state index is -3.83. The second kappa shape index (κ2) is 7.86. The predicted octanol–water partition coefficient (Wildman–Crippen LogP) is 2.96. The molecule has 0 aliphatic heterocycles. The topological polar surface area (TPSA) is 84.5 Å². The van der Waals surface area contributed by atoms with Crippen LogP contribution in [0.15, 0.2) is 47.4 Å². The van der Waals surface area contributed by atoms with Crippen LogP contribution in [0.2, 0.25) is 5.02 Å². The zero-order valence-electron chi connectivity index (χ0n) is 14.0. The summed E-state index contributed by atoms with van der Waals surface area (Å²) in [6.07, 6.45) is 0. The SMILES string of the molecule is COc1ccc(S(=O)(=O)N[C@H](C)C(=O)Nc2cccc(Cl)c2C)cc1. The Morgan fingerprint density at radius 3 is 2.40 bits per heavy atom. The first-order valence-corrected chi connectivity index (χ1v) is 9.33. The molecule has 0 bridgehead atoms. The van der Waals surface area contributed by atoms with Crippen molar-refractivity contribution in [1.82, 2.24) is 4.72 Å². The summed E-state index contributed by atoms with van der Waals surface area (Å²) in [7, 11) is -2.34. The van der Waals surface area contributed by atoms with E-state index in [1.807, 2.05) is 0 Å². The van der Waals surface area contributed by atoms with E-state index >= 15 is 0 Å². The van der Waals surface area contributed by atoms with Gasteiger partial charge in [0.2, 0.25) is 15.9 Å². The number of amides is 1. The lowest BCUT2D eigenvalue weighted by atomic mass is 10.2. The van der Waals surface area contributed by atoms with E-state index in [-0.39, 0.29) is 4.90 Å². The number of sulfonamides is 1. The molecule has 0 aromatic heterocycles. The normalized spacial score (nSPS) is 12.5. The van der Waals surface area contributed by atoms with Crippen LogP contribution in [0.4, 0.5) is 5.69 Å². The van der Waals surface area contributed by atoms with E-state index in [2.05, 4.69) is 10.0 Å². The fraction of sp³-hybridized carbons (Fsp3) is 0.235. The van der Waals surface area contributed by atoms with Crippen molar-refractivity contribution >= 4 is 33.2 Å².